The van der Waals surface area contributed by atoms with Crippen molar-refractivity contribution in [1.82, 2.24) is 9.97 Å². The summed E-state index contributed by atoms with van der Waals surface area (Å²) in [6.07, 6.45) is 3.13. The second-order valence-electron chi connectivity index (χ2n) is 4.67. The lowest BCUT2D eigenvalue weighted by Crippen LogP contribution is -2.07. The highest BCUT2D eigenvalue weighted by Gasteiger charge is 2.14. The molecule has 0 aliphatic carbocycles. The van der Waals surface area contributed by atoms with Crippen LogP contribution in [0.4, 0.5) is 0 Å². The number of carbonyl (C=O) groups excluding carboxylic acids is 2. The highest BCUT2D eigenvalue weighted by Crippen LogP contribution is 2.13. The predicted molar refractivity (Wildman–Crippen MR) is 81.8 cm³/mol. The average Bonchev–Trinajstić information content (AvgIpc) is 2.62. The molecule has 0 amide bonds. The molecule has 0 unspecified atom stereocenters. The smallest absolute Gasteiger partial charge is 0.211 e. The fraction of sp³-hybridized carbons (Fsp3) is 0. The van der Waals surface area contributed by atoms with Gasteiger partial charge < -0.3 is 0 Å². The van der Waals surface area contributed by atoms with Crippen molar-refractivity contribution in [3.05, 3.63) is 95.6 Å². The van der Waals surface area contributed by atoms with Gasteiger partial charge in [-0.05, 0) is 30.3 Å². The van der Waals surface area contributed by atoms with Gasteiger partial charge >= 0.3 is 0 Å². The van der Waals surface area contributed by atoms with Gasteiger partial charge in [0.15, 0.2) is 0 Å². The Morgan fingerprint density at radius 3 is 1.55 bits per heavy atom. The standard InChI is InChI=1S/C18H12N2O2/c21-17(15-8-1-3-10-19-15)13-6-5-7-14(12-13)18(22)16-9-2-4-11-20-16/h1-12H. The van der Waals surface area contributed by atoms with E-state index in [0.29, 0.717) is 22.5 Å². The van der Waals surface area contributed by atoms with E-state index in [1.54, 1.807) is 73.1 Å². The number of pyridine rings is 2. The maximum atomic E-state index is 12.4. The van der Waals surface area contributed by atoms with Crippen LogP contribution < -0.4 is 0 Å². The van der Waals surface area contributed by atoms with Crippen molar-refractivity contribution in [2.75, 3.05) is 0 Å². The monoisotopic (exact) mass is 288 g/mol. The number of hydrogen-bond donors (Lipinski definition) is 0. The molecule has 3 rings (SSSR count). The van der Waals surface area contributed by atoms with Gasteiger partial charge in [0.2, 0.25) is 11.6 Å². The first-order chi connectivity index (χ1) is 10.8. The zero-order valence-electron chi connectivity index (χ0n) is 11.6. The van der Waals surface area contributed by atoms with Gasteiger partial charge in [-0.1, -0.05) is 30.3 Å². The maximum absolute atomic E-state index is 12.4. The number of ketones is 2. The highest BCUT2D eigenvalue weighted by molar-refractivity contribution is 6.11. The summed E-state index contributed by atoms with van der Waals surface area (Å²) >= 11 is 0. The van der Waals surface area contributed by atoms with Gasteiger partial charge in [-0.15, -0.1) is 0 Å². The molecule has 4 heteroatoms. The molecular formula is C18H12N2O2. The third-order valence-electron chi connectivity index (χ3n) is 3.18. The molecule has 0 aliphatic rings. The van der Waals surface area contributed by atoms with Crippen molar-refractivity contribution in [3.63, 3.8) is 0 Å². The topological polar surface area (TPSA) is 59.9 Å². The lowest BCUT2D eigenvalue weighted by molar-refractivity contribution is 0.103. The van der Waals surface area contributed by atoms with Crippen LogP contribution in [0.1, 0.15) is 32.1 Å². The van der Waals surface area contributed by atoms with Gasteiger partial charge in [0.1, 0.15) is 11.4 Å². The minimum Gasteiger partial charge on any atom is -0.287 e. The lowest BCUT2D eigenvalue weighted by Gasteiger charge is -2.04. The maximum Gasteiger partial charge on any atom is 0.211 e. The molecule has 3 aromatic rings. The Morgan fingerprint density at radius 1 is 0.636 bits per heavy atom. The first-order valence-electron chi connectivity index (χ1n) is 6.77. The molecule has 0 aliphatic heterocycles. The fourth-order valence-corrected chi connectivity index (χ4v) is 2.09. The molecule has 0 saturated heterocycles. The Labute approximate surface area is 127 Å². The van der Waals surface area contributed by atoms with Crippen LogP contribution in [-0.4, -0.2) is 21.5 Å². The first-order valence-corrected chi connectivity index (χ1v) is 6.77. The Morgan fingerprint density at radius 2 is 1.14 bits per heavy atom. The zero-order chi connectivity index (χ0) is 15.4. The SMILES string of the molecule is O=C(c1cccc(C(=O)c2ccccn2)c1)c1ccccn1. The molecule has 0 atom stereocenters. The summed E-state index contributed by atoms with van der Waals surface area (Å²) in [5.74, 6) is -0.424. The Hall–Kier alpha value is -3.14. The minimum absolute atomic E-state index is 0.212. The second-order valence-corrected chi connectivity index (χ2v) is 4.67. The van der Waals surface area contributed by atoms with Crippen molar-refractivity contribution in [1.29, 1.82) is 0 Å². The molecule has 4 nitrogen and oxygen atoms in total. The Kier molecular flexibility index (Phi) is 3.83. The van der Waals surface area contributed by atoms with Crippen LogP contribution in [0.25, 0.3) is 0 Å². The summed E-state index contributed by atoms with van der Waals surface area (Å²) in [6.45, 7) is 0. The van der Waals surface area contributed by atoms with Gasteiger partial charge in [-0.2, -0.15) is 0 Å². The molecule has 0 saturated carbocycles. The number of carbonyl (C=O) groups is 2. The number of rotatable bonds is 4. The predicted octanol–water partition coefficient (Wildman–Crippen LogP) is 2.94. The highest BCUT2D eigenvalue weighted by atomic mass is 16.1. The summed E-state index contributed by atoms with van der Waals surface area (Å²) < 4.78 is 0. The van der Waals surface area contributed by atoms with Gasteiger partial charge in [-0.3, -0.25) is 19.6 Å². The molecule has 2 heterocycles. The summed E-state index contributed by atoms with van der Waals surface area (Å²) in [6, 6.07) is 16.9. The van der Waals surface area contributed by atoms with Crippen LogP contribution in [0.2, 0.25) is 0 Å². The van der Waals surface area contributed by atoms with Crippen molar-refractivity contribution >= 4 is 11.6 Å². The van der Waals surface area contributed by atoms with E-state index in [1.165, 1.54) is 0 Å². The van der Waals surface area contributed by atoms with Crippen LogP contribution in [0.15, 0.2) is 73.1 Å². The average molecular weight is 288 g/mol. The molecule has 0 bridgehead atoms. The Bertz CT molecular complexity index is 748. The van der Waals surface area contributed by atoms with E-state index in [9.17, 15) is 9.59 Å². The molecule has 106 valence electrons. The molecule has 0 N–H and O–H groups in total. The zero-order valence-corrected chi connectivity index (χ0v) is 11.6. The number of benzene rings is 1. The molecular weight excluding hydrogens is 276 g/mol. The van der Waals surface area contributed by atoms with Crippen LogP contribution in [0.3, 0.4) is 0 Å². The van der Waals surface area contributed by atoms with E-state index in [0.717, 1.165) is 0 Å². The van der Waals surface area contributed by atoms with Crippen LogP contribution in [0, 0.1) is 0 Å². The largest absolute Gasteiger partial charge is 0.287 e. The lowest BCUT2D eigenvalue weighted by atomic mass is 10.0. The number of hydrogen-bond acceptors (Lipinski definition) is 4. The summed E-state index contributed by atoms with van der Waals surface area (Å²) in [5.41, 5.74) is 1.57. The van der Waals surface area contributed by atoms with E-state index in [1.807, 2.05) is 0 Å². The van der Waals surface area contributed by atoms with Crippen molar-refractivity contribution < 1.29 is 9.59 Å². The fourth-order valence-electron chi connectivity index (χ4n) is 2.09. The van der Waals surface area contributed by atoms with Crippen LogP contribution in [0.5, 0.6) is 0 Å². The molecule has 2 aromatic heterocycles. The minimum atomic E-state index is -0.212. The third kappa shape index (κ3) is 2.81. The normalized spacial score (nSPS) is 10.2. The molecule has 1 aromatic carbocycles. The van der Waals surface area contributed by atoms with E-state index < -0.39 is 0 Å². The van der Waals surface area contributed by atoms with Crippen LogP contribution >= 0.6 is 0 Å². The van der Waals surface area contributed by atoms with Gasteiger partial charge in [-0.25, -0.2) is 0 Å². The first kappa shape index (κ1) is 13.8. The third-order valence-corrected chi connectivity index (χ3v) is 3.18. The van der Waals surface area contributed by atoms with Crippen molar-refractivity contribution in [3.8, 4) is 0 Å². The Balaban J connectivity index is 1.94. The van der Waals surface area contributed by atoms with Gasteiger partial charge in [0.05, 0.1) is 0 Å². The quantitative estimate of drug-likeness (QED) is 0.692. The van der Waals surface area contributed by atoms with Crippen LogP contribution in [-0.2, 0) is 0 Å². The molecule has 0 radical (unpaired) electrons. The number of nitrogens with zero attached hydrogens (tertiary/aromatic N) is 2. The van der Waals surface area contributed by atoms with E-state index in [2.05, 4.69) is 9.97 Å². The number of aromatic nitrogens is 2. The molecule has 0 fully saturated rings. The van der Waals surface area contributed by atoms with E-state index >= 15 is 0 Å². The van der Waals surface area contributed by atoms with Crippen molar-refractivity contribution in [2.45, 2.75) is 0 Å². The second kappa shape index (κ2) is 6.10. The van der Waals surface area contributed by atoms with Gasteiger partial charge in [0.25, 0.3) is 0 Å². The van der Waals surface area contributed by atoms with E-state index in [-0.39, 0.29) is 11.6 Å². The van der Waals surface area contributed by atoms with Gasteiger partial charge in [0, 0.05) is 23.5 Å². The molecule has 0 spiro atoms. The molecule has 22 heavy (non-hydrogen) atoms. The summed E-state index contributed by atoms with van der Waals surface area (Å²) in [4.78, 5) is 32.8. The van der Waals surface area contributed by atoms with E-state index in [4.69, 9.17) is 0 Å². The summed E-state index contributed by atoms with van der Waals surface area (Å²) in [7, 11) is 0. The van der Waals surface area contributed by atoms with Crippen molar-refractivity contribution in [2.24, 2.45) is 0 Å². The summed E-state index contributed by atoms with van der Waals surface area (Å²) in [5, 5.41) is 0.